The first-order valence-corrected chi connectivity index (χ1v) is 18.8. The number of carbonyl (C=O) groups is 2. The molecule has 0 bridgehead atoms. The second-order valence-electron chi connectivity index (χ2n) is 14.5. The number of ether oxygens (including phenoxy) is 3. The van der Waals surface area contributed by atoms with E-state index in [0.717, 1.165) is 62.1 Å². The van der Waals surface area contributed by atoms with E-state index in [1.54, 1.807) is 0 Å². The van der Waals surface area contributed by atoms with E-state index in [2.05, 4.69) is 51.8 Å². The molecule has 0 aromatic heterocycles. The lowest BCUT2D eigenvalue weighted by Crippen LogP contribution is -2.46. The molecule has 4 atom stereocenters. The van der Waals surface area contributed by atoms with Gasteiger partial charge in [-0.1, -0.05) is 99.0 Å². The van der Waals surface area contributed by atoms with Crippen LogP contribution >= 0.6 is 0 Å². The smallest absolute Gasteiger partial charge is 0.242 e. The number of hydrogen-bond donors (Lipinski definition) is 2. The molecule has 0 radical (unpaired) electrons. The van der Waals surface area contributed by atoms with Crippen LogP contribution in [0.25, 0.3) is 0 Å². The fraction of sp³-hybridized carbons (Fsp3) is 0.895. The Hall–Kier alpha value is -1.64. The molecule has 2 N–H and O–H groups in total. The number of carbonyl (C=O) groups excluding carboxylic acids is 2. The standard InChI is InChI=1S/C38H73N3O5/c1-31(2)14-8-15-33(5)16-9-17-34(6)18-10-19-35(7)30-37(42)41-23-11-20-36(41)38(43)40-22-13-25-45-27-29-46-28-26-44-24-12-21-39-32(3)4/h31,33-36,39H,3,8-30H2,1-2,4-7H3,(H,40,43). The van der Waals surface area contributed by atoms with Crippen molar-refractivity contribution in [1.82, 2.24) is 15.5 Å². The molecule has 46 heavy (non-hydrogen) atoms. The van der Waals surface area contributed by atoms with Gasteiger partial charge in [0, 0.05) is 45.0 Å². The van der Waals surface area contributed by atoms with E-state index in [1.807, 2.05) is 11.8 Å². The summed E-state index contributed by atoms with van der Waals surface area (Å²) in [5.74, 6) is 2.89. The highest BCUT2D eigenvalue weighted by Crippen LogP contribution is 2.24. The van der Waals surface area contributed by atoms with Crippen LogP contribution in [0.15, 0.2) is 12.3 Å². The summed E-state index contributed by atoms with van der Waals surface area (Å²) in [5, 5.41) is 6.20. The third kappa shape index (κ3) is 22.8. The molecule has 0 aromatic carbocycles. The topological polar surface area (TPSA) is 89.1 Å². The lowest BCUT2D eigenvalue weighted by Gasteiger charge is -2.25. The average Bonchev–Trinajstić information content (AvgIpc) is 3.49. The minimum Gasteiger partial charge on any atom is -0.389 e. The minimum atomic E-state index is -0.327. The average molecular weight is 652 g/mol. The first-order valence-electron chi connectivity index (χ1n) is 18.8. The summed E-state index contributed by atoms with van der Waals surface area (Å²) in [6, 6.07) is -0.327. The van der Waals surface area contributed by atoms with Gasteiger partial charge in [0.2, 0.25) is 11.8 Å². The first kappa shape index (κ1) is 42.4. The second-order valence-corrected chi connectivity index (χ2v) is 14.5. The molecule has 1 fully saturated rings. The van der Waals surface area contributed by atoms with Crippen LogP contribution in [-0.2, 0) is 23.8 Å². The van der Waals surface area contributed by atoms with Crippen molar-refractivity contribution in [2.75, 3.05) is 59.3 Å². The van der Waals surface area contributed by atoms with Gasteiger partial charge < -0.3 is 29.7 Å². The predicted molar refractivity (Wildman–Crippen MR) is 191 cm³/mol. The van der Waals surface area contributed by atoms with Crippen molar-refractivity contribution < 1.29 is 23.8 Å². The molecule has 4 unspecified atom stereocenters. The number of nitrogens with zero attached hydrogens (tertiary/aromatic N) is 1. The Kier molecular flexibility index (Phi) is 25.2. The van der Waals surface area contributed by atoms with Gasteiger partial charge in [0.05, 0.1) is 26.4 Å². The molecule has 8 nitrogen and oxygen atoms in total. The Morgan fingerprint density at radius 2 is 1.17 bits per heavy atom. The summed E-state index contributed by atoms with van der Waals surface area (Å²) in [4.78, 5) is 27.8. The summed E-state index contributed by atoms with van der Waals surface area (Å²) in [5.41, 5.74) is 0.974. The Bertz CT molecular complexity index is 792. The molecule has 0 spiro atoms. The van der Waals surface area contributed by atoms with Crippen molar-refractivity contribution in [1.29, 1.82) is 0 Å². The summed E-state index contributed by atoms with van der Waals surface area (Å²) < 4.78 is 16.7. The van der Waals surface area contributed by atoms with Crippen molar-refractivity contribution in [3.05, 3.63) is 12.3 Å². The van der Waals surface area contributed by atoms with Gasteiger partial charge in [0.15, 0.2) is 0 Å². The van der Waals surface area contributed by atoms with Crippen LogP contribution in [0.4, 0.5) is 0 Å². The molecule has 0 aliphatic carbocycles. The Balaban J connectivity index is 2.07. The molecule has 0 saturated carbocycles. The Morgan fingerprint density at radius 3 is 1.70 bits per heavy atom. The van der Waals surface area contributed by atoms with E-state index in [9.17, 15) is 9.59 Å². The first-order chi connectivity index (χ1) is 22.1. The van der Waals surface area contributed by atoms with Crippen LogP contribution in [0.5, 0.6) is 0 Å². The summed E-state index contributed by atoms with van der Waals surface area (Å²) in [6.07, 6.45) is 15.5. The third-order valence-corrected chi connectivity index (χ3v) is 9.07. The number of likely N-dealkylation sites (tertiary alicyclic amines) is 1. The lowest BCUT2D eigenvalue weighted by molar-refractivity contribution is -0.139. The zero-order valence-corrected chi connectivity index (χ0v) is 30.8. The fourth-order valence-corrected chi connectivity index (χ4v) is 6.17. The van der Waals surface area contributed by atoms with Crippen LogP contribution in [0.1, 0.15) is 131 Å². The highest BCUT2D eigenvalue weighted by Gasteiger charge is 2.34. The normalized spacial score (nSPS) is 16.8. The number of nitrogens with one attached hydrogen (secondary N) is 2. The maximum absolute atomic E-state index is 13.1. The van der Waals surface area contributed by atoms with Crippen molar-refractivity contribution in [2.24, 2.45) is 23.7 Å². The molecule has 270 valence electrons. The van der Waals surface area contributed by atoms with E-state index < -0.39 is 0 Å². The van der Waals surface area contributed by atoms with Crippen LogP contribution in [0.2, 0.25) is 0 Å². The molecule has 1 aliphatic rings. The van der Waals surface area contributed by atoms with Crippen molar-refractivity contribution >= 4 is 11.8 Å². The molecule has 1 aliphatic heterocycles. The number of allylic oxidation sites excluding steroid dienone is 1. The SMILES string of the molecule is C=C(C)NCCCOCCOCCOCCCNC(=O)C1CCCN1C(=O)CC(C)CCCC(C)CCCC(C)CCCC(C)C. The molecule has 1 rings (SSSR count). The van der Waals surface area contributed by atoms with Crippen LogP contribution in [0, 0.1) is 23.7 Å². The van der Waals surface area contributed by atoms with Gasteiger partial charge in [-0.3, -0.25) is 9.59 Å². The van der Waals surface area contributed by atoms with Gasteiger partial charge in [0.1, 0.15) is 6.04 Å². The second kappa shape index (κ2) is 27.3. The molecule has 1 heterocycles. The van der Waals surface area contributed by atoms with Gasteiger partial charge in [-0.25, -0.2) is 0 Å². The summed E-state index contributed by atoms with van der Waals surface area (Å²) in [6.45, 7) is 23.0. The highest BCUT2D eigenvalue weighted by molar-refractivity contribution is 5.88. The quantitative estimate of drug-likeness (QED) is 0.0782. The Labute approximate surface area is 283 Å². The largest absolute Gasteiger partial charge is 0.389 e. The van der Waals surface area contributed by atoms with Gasteiger partial charge in [-0.2, -0.15) is 0 Å². The third-order valence-electron chi connectivity index (χ3n) is 9.07. The molecule has 8 heteroatoms. The molecular formula is C38H73N3O5. The maximum Gasteiger partial charge on any atom is 0.242 e. The van der Waals surface area contributed by atoms with Crippen LogP contribution < -0.4 is 10.6 Å². The maximum atomic E-state index is 13.1. The van der Waals surface area contributed by atoms with Gasteiger partial charge >= 0.3 is 0 Å². The minimum absolute atomic E-state index is 0.0275. The molecule has 0 aromatic rings. The Morgan fingerprint density at radius 1 is 0.696 bits per heavy atom. The van der Waals surface area contributed by atoms with Crippen molar-refractivity contribution in [3.63, 3.8) is 0 Å². The zero-order valence-electron chi connectivity index (χ0n) is 30.8. The summed E-state index contributed by atoms with van der Waals surface area (Å²) >= 11 is 0. The van der Waals surface area contributed by atoms with Gasteiger partial charge in [-0.15, -0.1) is 0 Å². The molecule has 1 saturated heterocycles. The lowest BCUT2D eigenvalue weighted by atomic mass is 9.90. The number of rotatable bonds is 30. The monoisotopic (exact) mass is 652 g/mol. The summed E-state index contributed by atoms with van der Waals surface area (Å²) in [7, 11) is 0. The zero-order chi connectivity index (χ0) is 34.0. The van der Waals surface area contributed by atoms with E-state index in [0.29, 0.717) is 65.1 Å². The number of amides is 2. The van der Waals surface area contributed by atoms with Gasteiger partial charge in [-0.05, 0) is 56.3 Å². The van der Waals surface area contributed by atoms with E-state index in [4.69, 9.17) is 14.2 Å². The predicted octanol–water partition coefficient (Wildman–Crippen LogP) is 7.51. The van der Waals surface area contributed by atoms with E-state index in [-0.39, 0.29) is 17.9 Å². The van der Waals surface area contributed by atoms with E-state index in [1.165, 1.54) is 51.4 Å². The number of hydrogen-bond acceptors (Lipinski definition) is 6. The van der Waals surface area contributed by atoms with Crippen molar-refractivity contribution in [3.8, 4) is 0 Å². The fourth-order valence-electron chi connectivity index (χ4n) is 6.17. The van der Waals surface area contributed by atoms with E-state index >= 15 is 0 Å². The van der Waals surface area contributed by atoms with Crippen LogP contribution in [0.3, 0.4) is 0 Å². The molecule has 2 amide bonds. The molecular weight excluding hydrogens is 578 g/mol. The van der Waals surface area contributed by atoms with Gasteiger partial charge in [0.25, 0.3) is 0 Å². The highest BCUT2D eigenvalue weighted by atomic mass is 16.5. The van der Waals surface area contributed by atoms with Crippen molar-refractivity contribution in [2.45, 2.75) is 137 Å². The van der Waals surface area contributed by atoms with Crippen LogP contribution in [-0.4, -0.2) is 82.0 Å².